The molecule has 1 N–H and O–H groups in total. The van der Waals surface area contributed by atoms with Crippen LogP contribution in [0.2, 0.25) is 5.15 Å². The summed E-state index contributed by atoms with van der Waals surface area (Å²) in [5.41, 5.74) is 0. The molecule has 0 saturated carbocycles. The molecule has 6 heteroatoms. The van der Waals surface area contributed by atoms with Crippen molar-refractivity contribution in [2.75, 3.05) is 26.1 Å². The maximum atomic E-state index is 10.8. The number of rotatable bonds is 4. The second-order valence-corrected chi connectivity index (χ2v) is 2.96. The smallest absolute Gasteiger partial charge is 0.343 e. The number of hydrogen-bond acceptors (Lipinski definition) is 5. The van der Waals surface area contributed by atoms with Crippen LogP contribution in [0, 0.1) is 0 Å². The number of nitrogens with zero attached hydrogens (tertiary/aromatic N) is 1. The molecule has 0 spiro atoms. The molecule has 0 atom stereocenters. The summed E-state index contributed by atoms with van der Waals surface area (Å²) in [5.74, 6) is 0.509. The Bertz CT molecular complexity index is 357. The Morgan fingerprint density at radius 1 is 1.60 bits per heavy atom. The molecule has 0 aromatic carbocycles. The number of aromatic nitrogens is 1. The van der Waals surface area contributed by atoms with Crippen LogP contribution in [0.5, 0.6) is 5.75 Å². The summed E-state index contributed by atoms with van der Waals surface area (Å²) in [4.78, 5) is 14.8. The predicted octanol–water partition coefficient (Wildman–Crippen LogP) is 1.33. The topological polar surface area (TPSA) is 60.5 Å². The normalized spacial score (nSPS) is 9.53. The molecule has 0 unspecified atom stereocenters. The van der Waals surface area contributed by atoms with Gasteiger partial charge in [0.2, 0.25) is 0 Å². The molecular formula is C9H11ClN2O3. The lowest BCUT2D eigenvalue weighted by Crippen LogP contribution is -2.12. The van der Waals surface area contributed by atoms with Crippen LogP contribution in [-0.2, 0) is 9.53 Å². The third-order valence-corrected chi connectivity index (χ3v) is 1.91. The number of anilines is 1. The van der Waals surface area contributed by atoms with Gasteiger partial charge < -0.3 is 14.8 Å². The van der Waals surface area contributed by atoms with E-state index in [0.29, 0.717) is 11.6 Å². The quantitative estimate of drug-likeness (QED) is 0.625. The molecule has 0 aliphatic heterocycles. The zero-order valence-corrected chi connectivity index (χ0v) is 9.17. The van der Waals surface area contributed by atoms with E-state index in [9.17, 15) is 4.79 Å². The molecule has 82 valence electrons. The minimum absolute atomic E-state index is 0.184. The van der Waals surface area contributed by atoms with Gasteiger partial charge in [0.1, 0.15) is 5.82 Å². The van der Waals surface area contributed by atoms with Crippen molar-refractivity contribution < 1.29 is 14.3 Å². The Labute approximate surface area is 92.4 Å². The Kier molecular flexibility index (Phi) is 4.17. The van der Waals surface area contributed by atoms with E-state index in [1.807, 2.05) is 0 Å². The highest BCUT2D eigenvalue weighted by Gasteiger charge is 2.07. The number of carbonyl (C=O) groups is 1. The van der Waals surface area contributed by atoms with E-state index in [1.54, 1.807) is 19.2 Å². The first kappa shape index (κ1) is 11.6. The third kappa shape index (κ3) is 3.28. The number of nitrogens with one attached hydrogen (secondary N) is 1. The van der Waals surface area contributed by atoms with E-state index >= 15 is 0 Å². The van der Waals surface area contributed by atoms with Crippen molar-refractivity contribution in [1.29, 1.82) is 0 Å². The molecule has 0 amide bonds. The largest absolute Gasteiger partial charge is 0.479 e. The lowest BCUT2D eigenvalue weighted by atomic mass is 10.4. The van der Waals surface area contributed by atoms with Crippen molar-refractivity contribution in [2.24, 2.45) is 0 Å². The summed E-state index contributed by atoms with van der Waals surface area (Å²) in [6.45, 7) is -0.184. The molecule has 1 aromatic rings. The van der Waals surface area contributed by atoms with E-state index in [4.69, 9.17) is 16.3 Å². The minimum Gasteiger partial charge on any atom is -0.479 e. The highest BCUT2D eigenvalue weighted by Crippen LogP contribution is 2.23. The van der Waals surface area contributed by atoms with Gasteiger partial charge in [-0.2, -0.15) is 0 Å². The average Bonchev–Trinajstić information content (AvgIpc) is 2.26. The Morgan fingerprint density at radius 3 is 2.87 bits per heavy atom. The number of ether oxygens (including phenoxy) is 2. The molecule has 1 aromatic heterocycles. The van der Waals surface area contributed by atoms with Gasteiger partial charge in [0.25, 0.3) is 0 Å². The molecule has 0 saturated heterocycles. The zero-order valence-electron chi connectivity index (χ0n) is 8.41. The van der Waals surface area contributed by atoms with Crippen LogP contribution < -0.4 is 10.1 Å². The van der Waals surface area contributed by atoms with Gasteiger partial charge in [-0.3, -0.25) is 0 Å². The fourth-order valence-corrected chi connectivity index (χ4v) is 1.07. The van der Waals surface area contributed by atoms with Crippen molar-refractivity contribution in [2.45, 2.75) is 0 Å². The maximum absolute atomic E-state index is 10.8. The number of carbonyl (C=O) groups excluding carboxylic acids is 1. The molecule has 15 heavy (non-hydrogen) atoms. The van der Waals surface area contributed by atoms with E-state index in [2.05, 4.69) is 15.0 Å². The molecule has 0 fully saturated rings. The van der Waals surface area contributed by atoms with Crippen molar-refractivity contribution in [1.82, 2.24) is 4.98 Å². The molecule has 0 aliphatic rings. The number of halogens is 1. The second-order valence-electron chi connectivity index (χ2n) is 2.60. The van der Waals surface area contributed by atoms with Crippen molar-refractivity contribution in [3.8, 4) is 5.75 Å². The monoisotopic (exact) mass is 230 g/mol. The minimum atomic E-state index is -0.469. The highest BCUT2D eigenvalue weighted by atomic mass is 35.5. The number of hydrogen-bond donors (Lipinski definition) is 1. The van der Waals surface area contributed by atoms with Gasteiger partial charge in [-0.1, -0.05) is 11.6 Å². The van der Waals surface area contributed by atoms with Crippen LogP contribution in [0.3, 0.4) is 0 Å². The van der Waals surface area contributed by atoms with E-state index < -0.39 is 5.97 Å². The Balaban J connectivity index is 2.66. The van der Waals surface area contributed by atoms with Gasteiger partial charge in [-0.05, 0) is 12.1 Å². The van der Waals surface area contributed by atoms with Gasteiger partial charge in [-0.15, -0.1) is 0 Å². The lowest BCUT2D eigenvalue weighted by molar-refractivity contribution is -0.142. The van der Waals surface area contributed by atoms with Crippen LogP contribution in [0.1, 0.15) is 0 Å². The fraction of sp³-hybridized carbons (Fsp3) is 0.333. The Morgan fingerprint density at radius 2 is 2.33 bits per heavy atom. The van der Waals surface area contributed by atoms with E-state index in [-0.39, 0.29) is 11.8 Å². The molecule has 1 heterocycles. The van der Waals surface area contributed by atoms with E-state index in [1.165, 1.54) is 7.11 Å². The maximum Gasteiger partial charge on any atom is 0.343 e. The molecule has 5 nitrogen and oxygen atoms in total. The van der Waals surface area contributed by atoms with Crippen LogP contribution in [0.25, 0.3) is 0 Å². The van der Waals surface area contributed by atoms with Crippen LogP contribution in [-0.4, -0.2) is 31.7 Å². The SMILES string of the molecule is CNc1ccc(OCC(=O)OC)c(Cl)n1. The summed E-state index contributed by atoms with van der Waals surface area (Å²) in [6.07, 6.45) is 0. The number of esters is 1. The van der Waals surface area contributed by atoms with Crippen LogP contribution in [0.4, 0.5) is 5.82 Å². The summed E-state index contributed by atoms with van der Waals surface area (Å²) in [6, 6.07) is 3.32. The van der Waals surface area contributed by atoms with Gasteiger partial charge in [0.15, 0.2) is 17.5 Å². The Hall–Kier alpha value is -1.49. The fourth-order valence-electron chi connectivity index (χ4n) is 0.864. The first-order valence-electron chi connectivity index (χ1n) is 4.21. The molecule has 0 radical (unpaired) electrons. The van der Waals surface area contributed by atoms with Crippen LogP contribution in [0.15, 0.2) is 12.1 Å². The number of pyridine rings is 1. The zero-order chi connectivity index (χ0) is 11.3. The van der Waals surface area contributed by atoms with Gasteiger partial charge in [0, 0.05) is 7.05 Å². The van der Waals surface area contributed by atoms with Crippen molar-refractivity contribution in [3.05, 3.63) is 17.3 Å². The van der Waals surface area contributed by atoms with Crippen molar-refractivity contribution >= 4 is 23.4 Å². The van der Waals surface area contributed by atoms with Crippen molar-refractivity contribution in [3.63, 3.8) is 0 Å². The third-order valence-electron chi connectivity index (χ3n) is 1.64. The molecule has 0 aliphatic carbocycles. The van der Waals surface area contributed by atoms with Crippen LogP contribution >= 0.6 is 11.6 Å². The summed E-state index contributed by atoms with van der Waals surface area (Å²) >= 11 is 5.81. The summed E-state index contributed by atoms with van der Waals surface area (Å²) < 4.78 is 9.51. The van der Waals surface area contributed by atoms with Gasteiger partial charge in [-0.25, -0.2) is 9.78 Å². The average molecular weight is 231 g/mol. The van der Waals surface area contributed by atoms with E-state index in [0.717, 1.165) is 0 Å². The lowest BCUT2D eigenvalue weighted by Gasteiger charge is -2.07. The molecule has 0 bridgehead atoms. The highest BCUT2D eigenvalue weighted by molar-refractivity contribution is 6.30. The first-order valence-corrected chi connectivity index (χ1v) is 4.59. The molecular weight excluding hydrogens is 220 g/mol. The van der Waals surface area contributed by atoms with Gasteiger partial charge >= 0.3 is 5.97 Å². The van der Waals surface area contributed by atoms with Gasteiger partial charge in [0.05, 0.1) is 7.11 Å². The standard InChI is InChI=1S/C9H11ClN2O3/c1-11-7-4-3-6(9(10)12-7)15-5-8(13)14-2/h3-4H,5H2,1-2H3,(H,11,12). The first-order chi connectivity index (χ1) is 7.17. The second kappa shape index (κ2) is 5.41. The predicted molar refractivity (Wildman–Crippen MR) is 56.3 cm³/mol. The number of methoxy groups -OCH3 is 1. The molecule has 1 rings (SSSR count). The summed E-state index contributed by atoms with van der Waals surface area (Å²) in [5, 5.41) is 3.03. The summed E-state index contributed by atoms with van der Waals surface area (Å²) in [7, 11) is 3.02.